The first-order valence-corrected chi connectivity index (χ1v) is 8.94. The number of carbonyl (C=O) groups excluding carboxylic acids is 1. The molecule has 0 saturated carbocycles. The summed E-state index contributed by atoms with van der Waals surface area (Å²) in [5.74, 6) is -0.109. The summed E-state index contributed by atoms with van der Waals surface area (Å²) in [4.78, 5) is 14.0. The maximum absolute atomic E-state index is 12.6. The summed E-state index contributed by atoms with van der Waals surface area (Å²) in [5, 5.41) is 4.27. The molecule has 0 aromatic heterocycles. The highest BCUT2D eigenvalue weighted by Gasteiger charge is 2.29. The zero-order valence-electron chi connectivity index (χ0n) is 13.1. The van der Waals surface area contributed by atoms with Crippen LogP contribution >= 0.6 is 0 Å². The minimum atomic E-state index is -3.62. The lowest BCUT2D eigenvalue weighted by Crippen LogP contribution is -2.27. The molecule has 0 bridgehead atoms. The summed E-state index contributed by atoms with van der Waals surface area (Å²) in [6.45, 7) is 1.11. The summed E-state index contributed by atoms with van der Waals surface area (Å²) < 4.78 is 27.8. The molecule has 6 nitrogen and oxygen atoms in total. The molecule has 0 saturated heterocycles. The minimum absolute atomic E-state index is 0.109. The van der Waals surface area contributed by atoms with Gasteiger partial charge in [0, 0.05) is 29.9 Å². The van der Waals surface area contributed by atoms with Gasteiger partial charge in [-0.3, -0.25) is 4.79 Å². The molecule has 0 fully saturated rings. The summed E-state index contributed by atoms with van der Waals surface area (Å²) in [5.41, 5.74) is 1.29. The highest BCUT2D eigenvalue weighted by molar-refractivity contribution is 7.89. The van der Waals surface area contributed by atoms with Crippen molar-refractivity contribution in [2.24, 2.45) is 0 Å². The van der Waals surface area contributed by atoms with Crippen LogP contribution in [-0.2, 0) is 10.0 Å². The van der Waals surface area contributed by atoms with Crippen LogP contribution in [-0.4, -0.2) is 41.5 Å². The van der Waals surface area contributed by atoms with Crippen molar-refractivity contribution >= 4 is 32.4 Å². The molecule has 1 aliphatic rings. The largest absolute Gasteiger partial charge is 0.320 e. The maximum Gasteiger partial charge on any atom is 0.258 e. The number of amides is 1. The van der Waals surface area contributed by atoms with Crippen molar-refractivity contribution < 1.29 is 13.2 Å². The van der Waals surface area contributed by atoms with Crippen molar-refractivity contribution in [1.82, 2.24) is 10.0 Å². The Morgan fingerprint density at radius 1 is 1.13 bits per heavy atom. The first-order chi connectivity index (χ1) is 11.0. The molecular formula is C16H19N3O3S. The fraction of sp³-hybridized carbons (Fsp3) is 0.312. The number of sulfonamides is 1. The molecule has 1 heterocycles. The summed E-state index contributed by atoms with van der Waals surface area (Å²) >= 11 is 0. The van der Waals surface area contributed by atoms with Crippen molar-refractivity contribution in [3.8, 4) is 0 Å². The Hall–Kier alpha value is -1.96. The zero-order valence-corrected chi connectivity index (χ0v) is 13.9. The third-order valence-corrected chi connectivity index (χ3v) is 5.58. The van der Waals surface area contributed by atoms with Crippen LogP contribution in [0.4, 0.5) is 5.69 Å². The van der Waals surface area contributed by atoms with Gasteiger partial charge in [0.15, 0.2) is 0 Å². The van der Waals surface area contributed by atoms with E-state index in [1.54, 1.807) is 42.3 Å². The molecule has 122 valence electrons. The number of nitrogens with one attached hydrogen (secondary N) is 2. The van der Waals surface area contributed by atoms with E-state index in [9.17, 15) is 13.2 Å². The van der Waals surface area contributed by atoms with Crippen LogP contribution < -0.4 is 14.9 Å². The fourth-order valence-electron chi connectivity index (χ4n) is 2.89. The molecule has 7 heteroatoms. The van der Waals surface area contributed by atoms with Crippen LogP contribution in [0.5, 0.6) is 0 Å². The molecule has 1 amide bonds. The number of hydrogen-bond donors (Lipinski definition) is 2. The molecule has 3 rings (SSSR count). The standard InChI is InChI=1S/C16H19N3O3S/c1-17-9-4-10-18-23(21,22)14-8-7-13-15-11(14)5-3-6-12(15)16(20)19(13)2/h3,5-8,17-18H,4,9-10H2,1-2H3. The average Bonchev–Trinajstić information content (AvgIpc) is 2.79. The van der Waals surface area contributed by atoms with Crippen molar-refractivity contribution in [3.63, 3.8) is 0 Å². The summed E-state index contributed by atoms with van der Waals surface area (Å²) in [7, 11) is -0.0953. The van der Waals surface area contributed by atoms with Crippen molar-refractivity contribution in [3.05, 3.63) is 35.9 Å². The van der Waals surface area contributed by atoms with Gasteiger partial charge in [-0.15, -0.1) is 0 Å². The van der Waals surface area contributed by atoms with Crippen LogP contribution in [0.2, 0.25) is 0 Å². The van der Waals surface area contributed by atoms with Crippen molar-refractivity contribution in [2.75, 3.05) is 32.1 Å². The average molecular weight is 333 g/mol. The van der Waals surface area contributed by atoms with E-state index in [4.69, 9.17) is 0 Å². The van der Waals surface area contributed by atoms with Gasteiger partial charge in [0.25, 0.3) is 5.91 Å². The van der Waals surface area contributed by atoms with Crippen LogP contribution in [0.3, 0.4) is 0 Å². The first kappa shape index (κ1) is 15.9. The van der Waals surface area contributed by atoms with E-state index < -0.39 is 10.0 Å². The predicted octanol–water partition coefficient (Wildman–Crippen LogP) is 1.32. The highest BCUT2D eigenvalue weighted by atomic mass is 32.2. The van der Waals surface area contributed by atoms with Crippen LogP contribution in [0.15, 0.2) is 35.2 Å². The number of anilines is 1. The molecule has 1 aliphatic heterocycles. The highest BCUT2D eigenvalue weighted by Crippen LogP contribution is 2.39. The molecular weight excluding hydrogens is 314 g/mol. The van der Waals surface area contributed by atoms with Gasteiger partial charge in [-0.1, -0.05) is 12.1 Å². The Balaban J connectivity index is 2.06. The maximum atomic E-state index is 12.6. The SMILES string of the molecule is CNCCCNS(=O)(=O)c1ccc2c3c(cccc13)C(=O)N2C. The van der Waals surface area contributed by atoms with E-state index in [0.29, 0.717) is 29.3 Å². The smallest absolute Gasteiger partial charge is 0.258 e. The molecule has 0 unspecified atom stereocenters. The molecule has 0 aliphatic carbocycles. The Labute approximate surface area is 135 Å². The second-order valence-electron chi connectivity index (χ2n) is 5.53. The number of hydrogen-bond acceptors (Lipinski definition) is 4. The molecule has 2 aromatic carbocycles. The first-order valence-electron chi connectivity index (χ1n) is 7.45. The quantitative estimate of drug-likeness (QED) is 0.782. The normalized spacial score (nSPS) is 14.0. The number of carbonyl (C=O) groups is 1. The second-order valence-corrected chi connectivity index (χ2v) is 7.27. The Kier molecular flexibility index (Phi) is 4.09. The molecule has 0 spiro atoms. The second kappa shape index (κ2) is 5.92. The van der Waals surface area contributed by atoms with E-state index in [1.165, 1.54) is 0 Å². The Morgan fingerprint density at radius 3 is 2.65 bits per heavy atom. The Bertz CT molecular complexity index is 878. The summed E-state index contributed by atoms with van der Waals surface area (Å²) in [6, 6.07) is 8.46. The number of nitrogens with zero attached hydrogens (tertiary/aromatic N) is 1. The molecule has 23 heavy (non-hydrogen) atoms. The third kappa shape index (κ3) is 2.60. The van der Waals surface area contributed by atoms with Crippen LogP contribution in [0, 0.1) is 0 Å². The van der Waals surface area contributed by atoms with E-state index in [0.717, 1.165) is 12.2 Å². The van der Waals surface area contributed by atoms with Gasteiger partial charge in [-0.25, -0.2) is 13.1 Å². The summed E-state index contributed by atoms with van der Waals surface area (Å²) in [6.07, 6.45) is 0.707. The van der Waals surface area contributed by atoms with Crippen molar-refractivity contribution in [2.45, 2.75) is 11.3 Å². The number of rotatable bonds is 6. The van der Waals surface area contributed by atoms with E-state index >= 15 is 0 Å². The third-order valence-electron chi connectivity index (χ3n) is 4.06. The van der Waals surface area contributed by atoms with E-state index in [2.05, 4.69) is 10.0 Å². The van der Waals surface area contributed by atoms with Gasteiger partial charge in [0.1, 0.15) is 0 Å². The minimum Gasteiger partial charge on any atom is -0.320 e. The topological polar surface area (TPSA) is 78.5 Å². The fourth-order valence-corrected chi connectivity index (χ4v) is 4.17. The molecule has 0 radical (unpaired) electrons. The lowest BCUT2D eigenvalue weighted by atomic mass is 10.1. The van der Waals surface area contributed by atoms with Gasteiger partial charge in [-0.2, -0.15) is 0 Å². The lowest BCUT2D eigenvalue weighted by Gasteiger charge is -2.12. The van der Waals surface area contributed by atoms with Gasteiger partial charge >= 0.3 is 0 Å². The van der Waals surface area contributed by atoms with E-state index in [1.807, 2.05) is 7.05 Å². The van der Waals surface area contributed by atoms with Gasteiger partial charge < -0.3 is 10.2 Å². The predicted molar refractivity (Wildman–Crippen MR) is 90.4 cm³/mol. The van der Waals surface area contributed by atoms with Gasteiger partial charge in [-0.05, 0) is 38.2 Å². The van der Waals surface area contributed by atoms with E-state index in [-0.39, 0.29) is 10.8 Å². The van der Waals surface area contributed by atoms with Gasteiger partial charge in [0.2, 0.25) is 10.0 Å². The molecule has 0 atom stereocenters. The van der Waals surface area contributed by atoms with Crippen molar-refractivity contribution in [1.29, 1.82) is 0 Å². The molecule has 2 aromatic rings. The van der Waals surface area contributed by atoms with Gasteiger partial charge in [0.05, 0.1) is 10.6 Å². The van der Waals surface area contributed by atoms with Crippen LogP contribution in [0.25, 0.3) is 10.8 Å². The number of benzene rings is 2. The monoisotopic (exact) mass is 333 g/mol. The van der Waals surface area contributed by atoms with Crippen LogP contribution in [0.1, 0.15) is 16.8 Å². The molecule has 2 N–H and O–H groups in total. The Morgan fingerprint density at radius 2 is 1.91 bits per heavy atom. The lowest BCUT2D eigenvalue weighted by molar-refractivity contribution is 0.0999. The zero-order chi connectivity index (χ0) is 16.6.